The van der Waals surface area contributed by atoms with Crippen molar-refractivity contribution in [2.24, 2.45) is 0 Å². The molecule has 0 bridgehead atoms. The molecule has 1 saturated heterocycles. The van der Waals surface area contributed by atoms with Gasteiger partial charge in [0.15, 0.2) is 11.5 Å². The van der Waals surface area contributed by atoms with E-state index in [4.69, 9.17) is 4.74 Å². The molecule has 0 atom stereocenters. The number of carbonyl (C=O) groups excluding carboxylic acids is 3. The molecule has 126 valence electrons. The maximum Gasteiger partial charge on any atom is 0.335 e. The zero-order chi connectivity index (χ0) is 18.0. The maximum absolute atomic E-state index is 12.7. The molecule has 7 heteroatoms. The molecule has 1 aliphatic heterocycles. The van der Waals surface area contributed by atoms with Gasteiger partial charge in [-0.15, -0.1) is 0 Å². The zero-order valence-electron chi connectivity index (χ0n) is 13.2. The van der Waals surface area contributed by atoms with Gasteiger partial charge in [-0.25, -0.2) is 9.69 Å². The summed E-state index contributed by atoms with van der Waals surface area (Å²) >= 11 is 0. The lowest BCUT2D eigenvalue weighted by molar-refractivity contribution is -0.122. The van der Waals surface area contributed by atoms with Gasteiger partial charge >= 0.3 is 6.03 Å². The van der Waals surface area contributed by atoms with E-state index in [2.05, 4.69) is 5.32 Å². The highest BCUT2D eigenvalue weighted by Gasteiger charge is 2.36. The molecule has 0 unspecified atom stereocenters. The third-order valence-corrected chi connectivity index (χ3v) is 3.63. The van der Waals surface area contributed by atoms with Crippen molar-refractivity contribution in [1.29, 1.82) is 0 Å². The lowest BCUT2D eigenvalue weighted by Crippen LogP contribution is -2.54. The number of nitrogens with one attached hydrogen (secondary N) is 1. The molecule has 2 N–H and O–H groups in total. The van der Waals surface area contributed by atoms with Crippen LogP contribution in [-0.2, 0) is 9.59 Å². The number of ether oxygens (including phenoxy) is 1. The SMILES string of the molecule is COc1cc(/C=C2/C(=O)NC(=O)N(c3ccccc3)C2=O)ccc1O. The molecular formula is C18H14N2O5. The minimum absolute atomic E-state index is 0.0647. The van der Waals surface area contributed by atoms with E-state index in [0.29, 0.717) is 11.3 Å². The summed E-state index contributed by atoms with van der Waals surface area (Å²) in [5.41, 5.74) is 0.624. The monoisotopic (exact) mass is 338 g/mol. The molecule has 0 spiro atoms. The van der Waals surface area contributed by atoms with Gasteiger partial charge in [0.2, 0.25) is 0 Å². The Hall–Kier alpha value is -3.61. The molecule has 0 saturated carbocycles. The smallest absolute Gasteiger partial charge is 0.335 e. The number of amides is 4. The fourth-order valence-corrected chi connectivity index (χ4v) is 2.42. The van der Waals surface area contributed by atoms with Crippen molar-refractivity contribution in [3.05, 3.63) is 59.7 Å². The predicted molar refractivity (Wildman–Crippen MR) is 90.1 cm³/mol. The van der Waals surface area contributed by atoms with E-state index >= 15 is 0 Å². The lowest BCUT2D eigenvalue weighted by Gasteiger charge is -2.26. The van der Waals surface area contributed by atoms with Crippen LogP contribution in [0.4, 0.5) is 10.5 Å². The summed E-state index contributed by atoms with van der Waals surface area (Å²) in [6.45, 7) is 0. The van der Waals surface area contributed by atoms with Gasteiger partial charge in [0, 0.05) is 0 Å². The quantitative estimate of drug-likeness (QED) is 0.660. The summed E-state index contributed by atoms with van der Waals surface area (Å²) in [5.74, 6) is -1.37. The average Bonchev–Trinajstić information content (AvgIpc) is 2.60. The van der Waals surface area contributed by atoms with Gasteiger partial charge < -0.3 is 9.84 Å². The van der Waals surface area contributed by atoms with Crippen molar-refractivity contribution in [2.45, 2.75) is 0 Å². The molecule has 0 aromatic heterocycles. The summed E-state index contributed by atoms with van der Waals surface area (Å²) in [4.78, 5) is 37.7. The van der Waals surface area contributed by atoms with E-state index < -0.39 is 17.8 Å². The largest absolute Gasteiger partial charge is 0.504 e. The van der Waals surface area contributed by atoms with Crippen LogP contribution in [0.5, 0.6) is 11.5 Å². The number of hydrogen-bond donors (Lipinski definition) is 2. The summed E-state index contributed by atoms with van der Waals surface area (Å²) in [7, 11) is 1.39. The van der Waals surface area contributed by atoms with Crippen LogP contribution < -0.4 is 15.0 Å². The first-order valence-electron chi connectivity index (χ1n) is 7.35. The number of barbiturate groups is 1. The number of rotatable bonds is 3. The van der Waals surface area contributed by atoms with Crippen molar-refractivity contribution in [2.75, 3.05) is 12.0 Å². The van der Waals surface area contributed by atoms with Gasteiger partial charge in [-0.3, -0.25) is 14.9 Å². The van der Waals surface area contributed by atoms with E-state index in [-0.39, 0.29) is 17.1 Å². The molecule has 25 heavy (non-hydrogen) atoms. The molecule has 1 fully saturated rings. The normalized spacial score (nSPS) is 16.1. The van der Waals surface area contributed by atoms with Crippen molar-refractivity contribution in [3.8, 4) is 11.5 Å². The summed E-state index contributed by atoms with van der Waals surface area (Å²) < 4.78 is 5.01. The Morgan fingerprint density at radius 3 is 2.48 bits per heavy atom. The summed E-state index contributed by atoms with van der Waals surface area (Å²) in [5, 5.41) is 11.8. The maximum atomic E-state index is 12.7. The number of para-hydroxylation sites is 1. The Bertz CT molecular complexity index is 890. The second kappa shape index (κ2) is 6.48. The van der Waals surface area contributed by atoms with Gasteiger partial charge in [-0.05, 0) is 35.9 Å². The van der Waals surface area contributed by atoms with Crippen molar-refractivity contribution in [1.82, 2.24) is 5.32 Å². The van der Waals surface area contributed by atoms with Gasteiger partial charge in [-0.2, -0.15) is 0 Å². The number of benzene rings is 2. The number of nitrogens with zero attached hydrogens (tertiary/aromatic N) is 1. The Labute approximate surface area is 143 Å². The fraction of sp³-hybridized carbons (Fsp3) is 0.0556. The minimum Gasteiger partial charge on any atom is -0.504 e. The van der Waals surface area contributed by atoms with Crippen molar-refractivity contribution < 1.29 is 24.2 Å². The first-order chi connectivity index (χ1) is 12.0. The van der Waals surface area contributed by atoms with Gasteiger partial charge in [0.1, 0.15) is 5.57 Å². The second-order valence-corrected chi connectivity index (χ2v) is 5.22. The highest BCUT2D eigenvalue weighted by atomic mass is 16.5. The van der Waals surface area contributed by atoms with Crippen LogP contribution in [0, 0.1) is 0 Å². The molecule has 0 aliphatic carbocycles. The first-order valence-corrected chi connectivity index (χ1v) is 7.35. The summed E-state index contributed by atoms with van der Waals surface area (Å²) in [6.07, 6.45) is 1.34. The number of imide groups is 2. The third kappa shape index (κ3) is 3.07. The topological polar surface area (TPSA) is 95.9 Å². The third-order valence-electron chi connectivity index (χ3n) is 3.63. The molecule has 1 aliphatic rings. The van der Waals surface area contributed by atoms with Crippen LogP contribution in [0.2, 0.25) is 0 Å². The van der Waals surface area contributed by atoms with E-state index in [0.717, 1.165) is 4.90 Å². The summed E-state index contributed by atoms with van der Waals surface area (Å²) in [6, 6.07) is 11.9. The van der Waals surface area contributed by atoms with Crippen LogP contribution in [0.15, 0.2) is 54.1 Å². The molecule has 2 aromatic carbocycles. The number of hydrogen-bond acceptors (Lipinski definition) is 5. The van der Waals surface area contributed by atoms with Crippen LogP contribution >= 0.6 is 0 Å². The standard InChI is InChI=1S/C18H14N2O5/c1-25-15-10-11(7-8-14(15)21)9-13-16(22)19-18(24)20(17(13)23)12-5-3-2-4-6-12/h2-10,21H,1H3,(H,19,22,24)/b13-9-. The van der Waals surface area contributed by atoms with Crippen molar-refractivity contribution >= 4 is 29.6 Å². The van der Waals surface area contributed by atoms with Gasteiger partial charge in [-0.1, -0.05) is 24.3 Å². The Morgan fingerprint density at radius 2 is 1.80 bits per heavy atom. The highest BCUT2D eigenvalue weighted by molar-refractivity contribution is 6.39. The van der Waals surface area contributed by atoms with Crippen LogP contribution in [0.25, 0.3) is 6.08 Å². The minimum atomic E-state index is -0.804. The van der Waals surface area contributed by atoms with E-state index in [1.165, 1.54) is 31.4 Å². The Balaban J connectivity index is 2.02. The Morgan fingerprint density at radius 1 is 1.08 bits per heavy atom. The number of urea groups is 1. The van der Waals surface area contributed by atoms with E-state index in [1.807, 2.05) is 0 Å². The van der Waals surface area contributed by atoms with Gasteiger partial charge in [0.25, 0.3) is 11.8 Å². The number of anilines is 1. The average molecular weight is 338 g/mol. The number of methoxy groups -OCH3 is 1. The fourth-order valence-electron chi connectivity index (χ4n) is 2.42. The lowest BCUT2D eigenvalue weighted by atomic mass is 10.1. The molecule has 1 heterocycles. The highest BCUT2D eigenvalue weighted by Crippen LogP contribution is 2.28. The van der Waals surface area contributed by atoms with E-state index in [1.54, 1.807) is 30.3 Å². The first kappa shape index (κ1) is 16.3. The molecule has 0 radical (unpaired) electrons. The predicted octanol–water partition coefficient (Wildman–Crippen LogP) is 2.07. The second-order valence-electron chi connectivity index (χ2n) is 5.22. The molecule has 3 rings (SSSR count). The number of aromatic hydroxyl groups is 1. The number of carbonyl (C=O) groups is 3. The van der Waals surface area contributed by atoms with Gasteiger partial charge in [0.05, 0.1) is 12.8 Å². The van der Waals surface area contributed by atoms with Crippen LogP contribution in [0.1, 0.15) is 5.56 Å². The molecule has 4 amide bonds. The molecular weight excluding hydrogens is 324 g/mol. The van der Waals surface area contributed by atoms with Crippen LogP contribution in [0.3, 0.4) is 0 Å². The number of phenolic OH excluding ortho intramolecular Hbond substituents is 1. The number of phenols is 1. The zero-order valence-corrected chi connectivity index (χ0v) is 13.2. The van der Waals surface area contributed by atoms with Crippen LogP contribution in [-0.4, -0.2) is 30.1 Å². The van der Waals surface area contributed by atoms with E-state index in [9.17, 15) is 19.5 Å². The Kier molecular flexibility index (Phi) is 4.21. The molecule has 2 aromatic rings. The van der Waals surface area contributed by atoms with Crippen molar-refractivity contribution in [3.63, 3.8) is 0 Å². The molecule has 7 nitrogen and oxygen atoms in total.